The number of benzene rings is 1. The van der Waals surface area contributed by atoms with E-state index in [1.54, 1.807) is 0 Å². The molecule has 17 heavy (non-hydrogen) atoms. The Morgan fingerprint density at radius 3 is 2.76 bits per heavy atom. The molecule has 1 rings (SSSR count). The third-order valence-corrected chi connectivity index (χ3v) is 3.73. The van der Waals surface area contributed by atoms with Crippen LogP contribution < -0.4 is 4.90 Å². The summed E-state index contributed by atoms with van der Waals surface area (Å²) in [5.74, 6) is 1.15. The Morgan fingerprint density at radius 2 is 2.18 bits per heavy atom. The van der Waals surface area contributed by atoms with Gasteiger partial charge in [-0.05, 0) is 44.4 Å². The summed E-state index contributed by atoms with van der Waals surface area (Å²) < 4.78 is 0. The van der Waals surface area contributed by atoms with E-state index in [4.69, 9.17) is 0 Å². The average molecular weight is 251 g/mol. The molecule has 0 aromatic heterocycles. The second kappa shape index (κ2) is 6.70. The first-order valence-corrected chi connectivity index (χ1v) is 7.27. The molecule has 0 saturated heterocycles. The normalized spacial score (nSPS) is 12.2. The van der Waals surface area contributed by atoms with Crippen molar-refractivity contribution in [1.82, 2.24) is 0 Å². The summed E-state index contributed by atoms with van der Waals surface area (Å²) in [5.41, 5.74) is 2.93. The summed E-state index contributed by atoms with van der Waals surface area (Å²) in [7, 11) is 2.06. The van der Waals surface area contributed by atoms with Crippen molar-refractivity contribution in [2.75, 3.05) is 24.0 Å². The van der Waals surface area contributed by atoms with Gasteiger partial charge in [-0.25, -0.2) is 0 Å². The number of aldehydes is 1. The van der Waals surface area contributed by atoms with E-state index in [-0.39, 0.29) is 0 Å². The maximum absolute atomic E-state index is 11.1. The highest BCUT2D eigenvalue weighted by molar-refractivity contribution is 7.98. The number of hydrogen-bond donors (Lipinski definition) is 0. The highest BCUT2D eigenvalue weighted by Gasteiger charge is 2.13. The Bertz CT molecular complexity index is 378. The van der Waals surface area contributed by atoms with Gasteiger partial charge in [0.1, 0.15) is 0 Å². The first kappa shape index (κ1) is 14.1. The van der Waals surface area contributed by atoms with Gasteiger partial charge in [0.2, 0.25) is 0 Å². The fourth-order valence-electron chi connectivity index (χ4n) is 1.81. The number of carbonyl (C=O) groups excluding carboxylic acids is 1. The molecule has 0 bridgehead atoms. The standard InChI is InChI=1S/C14H21NOS/c1-11-5-6-14(13(9-11)10-16)15(3)12(2)7-8-17-4/h5-6,9-10,12H,7-8H2,1-4H3. The number of thioether (sulfide) groups is 1. The van der Waals surface area contributed by atoms with Crippen molar-refractivity contribution in [2.45, 2.75) is 26.3 Å². The van der Waals surface area contributed by atoms with Crippen LogP contribution in [0.5, 0.6) is 0 Å². The predicted octanol–water partition coefficient (Wildman–Crippen LogP) is 3.39. The summed E-state index contributed by atoms with van der Waals surface area (Å²) in [5, 5.41) is 0. The quantitative estimate of drug-likeness (QED) is 0.723. The van der Waals surface area contributed by atoms with Crippen LogP contribution in [-0.4, -0.2) is 31.4 Å². The van der Waals surface area contributed by atoms with Crippen molar-refractivity contribution in [2.24, 2.45) is 0 Å². The Morgan fingerprint density at radius 1 is 1.47 bits per heavy atom. The zero-order valence-electron chi connectivity index (χ0n) is 11.1. The molecule has 1 atom stereocenters. The van der Waals surface area contributed by atoms with E-state index in [0.717, 1.165) is 35.3 Å². The van der Waals surface area contributed by atoms with Crippen LogP contribution in [0.25, 0.3) is 0 Å². The van der Waals surface area contributed by atoms with Crippen molar-refractivity contribution in [3.05, 3.63) is 29.3 Å². The first-order valence-electron chi connectivity index (χ1n) is 5.87. The molecule has 2 nitrogen and oxygen atoms in total. The fourth-order valence-corrected chi connectivity index (χ4v) is 2.39. The third kappa shape index (κ3) is 3.77. The summed E-state index contributed by atoms with van der Waals surface area (Å²) >= 11 is 1.86. The highest BCUT2D eigenvalue weighted by atomic mass is 32.2. The van der Waals surface area contributed by atoms with Crippen molar-refractivity contribution in [3.8, 4) is 0 Å². The van der Waals surface area contributed by atoms with Crippen molar-refractivity contribution in [3.63, 3.8) is 0 Å². The van der Waals surface area contributed by atoms with Gasteiger partial charge in [-0.3, -0.25) is 4.79 Å². The third-order valence-electron chi connectivity index (χ3n) is 3.09. The van der Waals surface area contributed by atoms with E-state index in [9.17, 15) is 4.79 Å². The monoisotopic (exact) mass is 251 g/mol. The summed E-state index contributed by atoms with van der Waals surface area (Å²) in [4.78, 5) is 13.3. The molecule has 0 aliphatic rings. The zero-order chi connectivity index (χ0) is 12.8. The van der Waals surface area contributed by atoms with Crippen LogP contribution in [0.3, 0.4) is 0 Å². The molecule has 3 heteroatoms. The van der Waals surface area contributed by atoms with Crippen LogP contribution in [0.4, 0.5) is 5.69 Å². The van der Waals surface area contributed by atoms with Gasteiger partial charge in [0.15, 0.2) is 6.29 Å². The van der Waals surface area contributed by atoms with E-state index in [1.165, 1.54) is 0 Å². The summed E-state index contributed by atoms with van der Waals surface area (Å²) in [6.07, 6.45) is 4.19. The lowest BCUT2D eigenvalue weighted by Gasteiger charge is -2.28. The topological polar surface area (TPSA) is 20.3 Å². The molecule has 0 radical (unpaired) electrons. The lowest BCUT2D eigenvalue weighted by atomic mass is 10.1. The van der Waals surface area contributed by atoms with Gasteiger partial charge in [0.25, 0.3) is 0 Å². The average Bonchev–Trinajstić information content (AvgIpc) is 2.34. The fraction of sp³-hybridized carbons (Fsp3) is 0.500. The van der Waals surface area contributed by atoms with Crippen LogP contribution in [0, 0.1) is 6.92 Å². The van der Waals surface area contributed by atoms with Gasteiger partial charge in [-0.15, -0.1) is 0 Å². The van der Waals surface area contributed by atoms with Crippen LogP contribution in [0.2, 0.25) is 0 Å². The van der Waals surface area contributed by atoms with Gasteiger partial charge in [-0.2, -0.15) is 11.8 Å². The molecule has 0 N–H and O–H groups in total. The molecule has 0 aliphatic carbocycles. The lowest BCUT2D eigenvalue weighted by molar-refractivity contribution is 0.112. The molecule has 0 heterocycles. The summed E-state index contributed by atoms with van der Waals surface area (Å²) in [6, 6.07) is 6.48. The number of rotatable bonds is 6. The van der Waals surface area contributed by atoms with Gasteiger partial charge in [0, 0.05) is 24.3 Å². The van der Waals surface area contributed by atoms with Crippen molar-refractivity contribution < 1.29 is 4.79 Å². The minimum atomic E-state index is 0.448. The lowest BCUT2D eigenvalue weighted by Crippen LogP contribution is -2.30. The van der Waals surface area contributed by atoms with Crippen LogP contribution in [-0.2, 0) is 0 Å². The maximum atomic E-state index is 11.1. The molecule has 94 valence electrons. The molecular weight excluding hydrogens is 230 g/mol. The minimum Gasteiger partial charge on any atom is -0.371 e. The highest BCUT2D eigenvalue weighted by Crippen LogP contribution is 2.22. The number of aryl methyl sites for hydroxylation is 1. The molecule has 1 aromatic rings. The van der Waals surface area contributed by atoms with Crippen molar-refractivity contribution in [1.29, 1.82) is 0 Å². The van der Waals surface area contributed by atoms with E-state index < -0.39 is 0 Å². The zero-order valence-corrected chi connectivity index (χ0v) is 11.9. The van der Waals surface area contributed by atoms with E-state index in [0.29, 0.717) is 6.04 Å². The Balaban J connectivity index is 2.87. The molecule has 0 amide bonds. The number of anilines is 1. The van der Waals surface area contributed by atoms with Gasteiger partial charge in [0.05, 0.1) is 0 Å². The van der Waals surface area contributed by atoms with E-state index in [1.807, 2.05) is 30.8 Å². The van der Waals surface area contributed by atoms with E-state index >= 15 is 0 Å². The van der Waals surface area contributed by atoms with Crippen LogP contribution in [0.1, 0.15) is 29.3 Å². The number of hydrogen-bond acceptors (Lipinski definition) is 3. The predicted molar refractivity (Wildman–Crippen MR) is 77.4 cm³/mol. The Labute approximate surface area is 108 Å². The number of nitrogens with zero attached hydrogens (tertiary/aromatic N) is 1. The molecule has 0 saturated carbocycles. The Kier molecular flexibility index (Phi) is 5.56. The minimum absolute atomic E-state index is 0.448. The molecule has 1 unspecified atom stereocenters. The molecule has 1 aromatic carbocycles. The molecule has 0 fully saturated rings. The summed E-state index contributed by atoms with van der Waals surface area (Å²) in [6.45, 7) is 4.21. The molecule has 0 spiro atoms. The Hall–Kier alpha value is -0.960. The van der Waals surface area contributed by atoms with Crippen LogP contribution >= 0.6 is 11.8 Å². The SMILES string of the molecule is CSCCC(C)N(C)c1ccc(C)cc1C=O. The van der Waals surface area contributed by atoms with Crippen LogP contribution in [0.15, 0.2) is 18.2 Å². The number of carbonyl (C=O) groups is 1. The van der Waals surface area contributed by atoms with Gasteiger partial charge >= 0.3 is 0 Å². The largest absolute Gasteiger partial charge is 0.371 e. The first-order chi connectivity index (χ1) is 8.10. The van der Waals surface area contributed by atoms with E-state index in [2.05, 4.69) is 31.2 Å². The molecular formula is C14H21NOS. The second-order valence-corrected chi connectivity index (χ2v) is 5.41. The smallest absolute Gasteiger partial charge is 0.152 e. The maximum Gasteiger partial charge on any atom is 0.152 e. The van der Waals surface area contributed by atoms with Gasteiger partial charge < -0.3 is 4.90 Å². The van der Waals surface area contributed by atoms with Gasteiger partial charge in [-0.1, -0.05) is 11.6 Å². The van der Waals surface area contributed by atoms with Crippen molar-refractivity contribution >= 4 is 23.7 Å². The second-order valence-electron chi connectivity index (χ2n) is 4.42. The molecule has 0 aliphatic heterocycles.